The molecule has 0 unspecified atom stereocenters. The van der Waals surface area contributed by atoms with Gasteiger partial charge >= 0.3 is 0 Å². The van der Waals surface area contributed by atoms with Crippen LogP contribution in [0.2, 0.25) is 0 Å². The number of nitrogens with one attached hydrogen (secondary N) is 1. The van der Waals surface area contributed by atoms with Crippen LogP contribution in [0.3, 0.4) is 0 Å². The summed E-state index contributed by atoms with van der Waals surface area (Å²) < 4.78 is 2.01. The van der Waals surface area contributed by atoms with Gasteiger partial charge in [0.05, 0.1) is 5.69 Å². The van der Waals surface area contributed by atoms with Gasteiger partial charge in [0.2, 0.25) is 0 Å². The van der Waals surface area contributed by atoms with Crippen molar-refractivity contribution in [3.8, 4) is 11.8 Å². The molecule has 2 rings (SSSR count). The molecule has 0 spiro atoms. The van der Waals surface area contributed by atoms with Crippen molar-refractivity contribution in [3.63, 3.8) is 0 Å². The van der Waals surface area contributed by atoms with Crippen molar-refractivity contribution in [1.29, 1.82) is 0 Å². The van der Waals surface area contributed by atoms with Crippen molar-refractivity contribution in [2.75, 3.05) is 7.05 Å². The number of aldehydes is 1. The van der Waals surface area contributed by atoms with Crippen molar-refractivity contribution < 1.29 is 9.59 Å². The average Bonchev–Trinajstić information content (AvgIpc) is 2.80. The minimum atomic E-state index is -0.318. The van der Waals surface area contributed by atoms with E-state index in [-0.39, 0.29) is 5.91 Å². The van der Waals surface area contributed by atoms with Crippen molar-refractivity contribution in [2.24, 2.45) is 0 Å². The van der Waals surface area contributed by atoms with Crippen LogP contribution in [0.1, 0.15) is 23.0 Å². The Morgan fingerprint density at radius 2 is 2.21 bits per heavy atom. The highest BCUT2D eigenvalue weighted by atomic mass is 16.1. The second-order valence-electron chi connectivity index (χ2n) is 4.04. The van der Waals surface area contributed by atoms with E-state index in [9.17, 15) is 9.59 Å². The molecule has 4 heteroatoms. The minimum Gasteiger partial charge on any atom is -0.348 e. The summed E-state index contributed by atoms with van der Waals surface area (Å²) in [6.45, 7) is 2.76. The lowest BCUT2D eigenvalue weighted by Gasteiger charge is -2.02. The van der Waals surface area contributed by atoms with Gasteiger partial charge in [0, 0.05) is 36.0 Å². The highest BCUT2D eigenvalue weighted by molar-refractivity contribution is 5.94. The summed E-state index contributed by atoms with van der Waals surface area (Å²) in [6, 6.07) is 7.38. The number of aromatic nitrogens is 1. The molecule has 0 bridgehead atoms. The molecular weight excluding hydrogens is 240 g/mol. The van der Waals surface area contributed by atoms with Gasteiger partial charge in [0.1, 0.15) is 6.29 Å². The number of fused-ring (bicyclic) bond motifs is 1. The van der Waals surface area contributed by atoms with E-state index in [1.54, 1.807) is 13.1 Å². The Hall–Kier alpha value is -2.54. The van der Waals surface area contributed by atoms with Gasteiger partial charge in [-0.1, -0.05) is 0 Å². The van der Waals surface area contributed by atoms with Gasteiger partial charge in [-0.3, -0.25) is 9.59 Å². The van der Waals surface area contributed by atoms with Crippen LogP contribution in [-0.4, -0.2) is 23.8 Å². The maximum Gasteiger partial charge on any atom is 0.296 e. The van der Waals surface area contributed by atoms with Gasteiger partial charge in [0.25, 0.3) is 5.91 Å². The molecule has 0 aliphatic rings. The standard InChI is InChI=1S/C15H14N2O2/c1-3-17-13(5-7-15(19)16-2)9-12-8-11(10-18)4-6-14(12)17/h4,6,8-10H,3H2,1-2H3,(H,16,19). The molecule has 1 heterocycles. The lowest BCUT2D eigenvalue weighted by atomic mass is 10.2. The summed E-state index contributed by atoms with van der Waals surface area (Å²) in [5.74, 6) is 5.06. The molecule has 0 atom stereocenters. The van der Waals surface area contributed by atoms with E-state index in [1.807, 2.05) is 29.7 Å². The molecule has 0 aliphatic heterocycles. The molecule has 1 N–H and O–H groups in total. The molecule has 4 nitrogen and oxygen atoms in total. The van der Waals surface area contributed by atoms with Gasteiger partial charge in [-0.2, -0.15) is 0 Å². The average molecular weight is 254 g/mol. The van der Waals surface area contributed by atoms with Crippen LogP contribution >= 0.6 is 0 Å². The fourth-order valence-electron chi connectivity index (χ4n) is 1.99. The fraction of sp³-hybridized carbons (Fsp3) is 0.200. The second kappa shape index (κ2) is 5.40. The number of carbonyl (C=O) groups excluding carboxylic acids is 2. The van der Waals surface area contributed by atoms with Crippen LogP contribution in [0.15, 0.2) is 24.3 Å². The molecular formula is C15H14N2O2. The molecule has 0 saturated heterocycles. The highest BCUT2D eigenvalue weighted by Crippen LogP contribution is 2.20. The Balaban J connectivity index is 2.57. The summed E-state index contributed by atoms with van der Waals surface area (Å²) in [7, 11) is 1.54. The molecule has 1 aromatic carbocycles. The first-order valence-corrected chi connectivity index (χ1v) is 6.01. The van der Waals surface area contributed by atoms with E-state index in [0.29, 0.717) is 5.56 Å². The van der Waals surface area contributed by atoms with Crippen LogP contribution in [0.25, 0.3) is 10.9 Å². The van der Waals surface area contributed by atoms with E-state index in [0.717, 1.165) is 29.4 Å². The van der Waals surface area contributed by atoms with Crippen LogP contribution < -0.4 is 5.32 Å². The SMILES string of the molecule is CCn1c(C#CC(=O)NC)cc2cc(C=O)ccc21. The lowest BCUT2D eigenvalue weighted by molar-refractivity contribution is -0.115. The Bertz CT molecular complexity index is 702. The fourth-order valence-corrected chi connectivity index (χ4v) is 1.99. The second-order valence-corrected chi connectivity index (χ2v) is 4.04. The van der Waals surface area contributed by atoms with Crippen LogP contribution in [0, 0.1) is 11.8 Å². The first-order chi connectivity index (χ1) is 9.19. The Labute approximate surface area is 111 Å². The number of amides is 1. The number of nitrogens with zero attached hydrogens (tertiary/aromatic N) is 1. The quantitative estimate of drug-likeness (QED) is 0.653. The van der Waals surface area contributed by atoms with Crippen LogP contribution in [0.4, 0.5) is 0 Å². The summed E-state index contributed by atoms with van der Waals surface area (Å²) in [4.78, 5) is 21.9. The van der Waals surface area contributed by atoms with Crippen LogP contribution in [0.5, 0.6) is 0 Å². The molecule has 96 valence electrons. The van der Waals surface area contributed by atoms with E-state index in [2.05, 4.69) is 17.2 Å². The lowest BCUT2D eigenvalue weighted by Crippen LogP contribution is -2.14. The normalized spacial score (nSPS) is 9.79. The zero-order valence-corrected chi connectivity index (χ0v) is 10.9. The van der Waals surface area contributed by atoms with Crippen molar-refractivity contribution in [3.05, 3.63) is 35.5 Å². The van der Waals surface area contributed by atoms with Gasteiger partial charge in [-0.05, 0) is 37.1 Å². The first kappa shape index (κ1) is 12.9. The molecule has 1 amide bonds. The molecule has 2 aromatic rings. The summed E-state index contributed by atoms with van der Waals surface area (Å²) in [5.41, 5.74) is 2.41. The Kier molecular flexibility index (Phi) is 3.67. The molecule has 0 fully saturated rings. The monoisotopic (exact) mass is 254 g/mol. The van der Waals surface area contributed by atoms with Crippen molar-refractivity contribution in [2.45, 2.75) is 13.5 Å². The van der Waals surface area contributed by atoms with E-state index in [1.165, 1.54) is 0 Å². The van der Waals surface area contributed by atoms with E-state index < -0.39 is 0 Å². The minimum absolute atomic E-state index is 0.318. The smallest absolute Gasteiger partial charge is 0.296 e. The van der Waals surface area contributed by atoms with E-state index in [4.69, 9.17) is 0 Å². The number of rotatable bonds is 2. The molecule has 0 aliphatic carbocycles. The maximum atomic E-state index is 11.2. The van der Waals surface area contributed by atoms with E-state index >= 15 is 0 Å². The molecule has 19 heavy (non-hydrogen) atoms. The third kappa shape index (κ3) is 2.50. The molecule has 0 radical (unpaired) electrons. The summed E-state index contributed by atoms with van der Waals surface area (Å²) in [5, 5.41) is 3.41. The first-order valence-electron chi connectivity index (χ1n) is 6.01. The topological polar surface area (TPSA) is 51.1 Å². The maximum absolute atomic E-state index is 11.2. The Morgan fingerprint density at radius 3 is 2.84 bits per heavy atom. The number of aryl methyl sites for hydroxylation is 1. The zero-order chi connectivity index (χ0) is 13.8. The van der Waals surface area contributed by atoms with Gasteiger partial charge in [-0.25, -0.2) is 0 Å². The summed E-state index contributed by atoms with van der Waals surface area (Å²) in [6.07, 6.45) is 0.818. The van der Waals surface area contributed by atoms with Crippen molar-refractivity contribution in [1.82, 2.24) is 9.88 Å². The van der Waals surface area contributed by atoms with Gasteiger partial charge < -0.3 is 9.88 Å². The zero-order valence-electron chi connectivity index (χ0n) is 10.9. The number of hydrogen-bond donors (Lipinski definition) is 1. The number of carbonyl (C=O) groups is 2. The largest absolute Gasteiger partial charge is 0.348 e. The van der Waals surface area contributed by atoms with Gasteiger partial charge in [-0.15, -0.1) is 0 Å². The van der Waals surface area contributed by atoms with Crippen molar-refractivity contribution >= 4 is 23.1 Å². The number of hydrogen-bond acceptors (Lipinski definition) is 2. The molecule has 0 saturated carbocycles. The number of benzene rings is 1. The highest BCUT2D eigenvalue weighted by Gasteiger charge is 2.06. The molecule has 1 aromatic heterocycles. The Morgan fingerprint density at radius 1 is 1.42 bits per heavy atom. The predicted molar refractivity (Wildman–Crippen MR) is 73.9 cm³/mol. The van der Waals surface area contributed by atoms with Gasteiger partial charge in [0.15, 0.2) is 0 Å². The third-order valence-corrected chi connectivity index (χ3v) is 2.91. The predicted octanol–water partition coefficient (Wildman–Crippen LogP) is 1.57. The third-order valence-electron chi connectivity index (χ3n) is 2.91. The summed E-state index contributed by atoms with van der Waals surface area (Å²) >= 11 is 0. The van der Waals surface area contributed by atoms with Crippen LogP contribution in [-0.2, 0) is 11.3 Å².